The number of carbonyl (C=O) groups is 1. The van der Waals surface area contributed by atoms with Crippen molar-refractivity contribution in [2.24, 2.45) is 4.99 Å². The lowest BCUT2D eigenvalue weighted by atomic mass is 10.2. The Labute approximate surface area is 172 Å². The molecule has 1 heterocycles. The lowest BCUT2D eigenvalue weighted by Crippen LogP contribution is -2.16. The molecule has 1 amide bonds. The summed E-state index contributed by atoms with van der Waals surface area (Å²) in [6, 6.07) is 9.74. The first-order chi connectivity index (χ1) is 13.8. The lowest BCUT2D eigenvalue weighted by Gasteiger charge is -2.07. The number of hydrogen-bond donors (Lipinski definition) is 0. The van der Waals surface area contributed by atoms with Crippen LogP contribution in [0.1, 0.15) is 10.4 Å². The van der Waals surface area contributed by atoms with Crippen molar-refractivity contribution in [1.82, 2.24) is 4.57 Å². The second-order valence-electron chi connectivity index (χ2n) is 6.17. The monoisotopic (exact) mass is 432 g/mol. The van der Waals surface area contributed by atoms with Gasteiger partial charge in [0.15, 0.2) is 14.6 Å². The molecule has 9 heteroatoms. The predicted molar refractivity (Wildman–Crippen MR) is 113 cm³/mol. The van der Waals surface area contributed by atoms with Gasteiger partial charge in [0.25, 0.3) is 5.91 Å². The third-order valence-corrected chi connectivity index (χ3v) is 6.38. The molecule has 3 aromatic rings. The average molecular weight is 433 g/mol. The normalized spacial score (nSPS) is 12.2. The molecule has 1 aromatic heterocycles. The number of thiazole rings is 1. The number of amides is 1. The van der Waals surface area contributed by atoms with Crippen LogP contribution < -0.4 is 14.3 Å². The van der Waals surface area contributed by atoms with Crippen molar-refractivity contribution in [3.8, 4) is 11.5 Å². The summed E-state index contributed by atoms with van der Waals surface area (Å²) in [5, 5.41) is 0. The first-order valence-corrected chi connectivity index (χ1v) is 11.2. The number of aromatic nitrogens is 1. The molecule has 0 bridgehead atoms. The molecule has 0 radical (unpaired) electrons. The van der Waals surface area contributed by atoms with Crippen molar-refractivity contribution < 1.29 is 22.7 Å². The third-order valence-electron chi connectivity index (χ3n) is 4.23. The van der Waals surface area contributed by atoms with E-state index < -0.39 is 15.7 Å². The van der Waals surface area contributed by atoms with Crippen molar-refractivity contribution in [3.05, 3.63) is 59.4 Å². The highest BCUT2D eigenvalue weighted by Gasteiger charge is 2.16. The summed E-state index contributed by atoms with van der Waals surface area (Å²) in [5.74, 6) is 0.404. The van der Waals surface area contributed by atoms with E-state index in [0.29, 0.717) is 27.5 Å². The van der Waals surface area contributed by atoms with E-state index in [1.165, 1.54) is 25.6 Å². The van der Waals surface area contributed by atoms with Gasteiger partial charge in [-0.25, -0.2) is 8.42 Å². The number of carbonyl (C=O) groups excluding carboxylic acids is 1. The second kappa shape index (κ2) is 8.22. The summed E-state index contributed by atoms with van der Waals surface area (Å²) in [6.07, 6.45) is 2.84. The van der Waals surface area contributed by atoms with Gasteiger partial charge >= 0.3 is 0 Å². The van der Waals surface area contributed by atoms with Crippen LogP contribution in [0.15, 0.2) is 58.9 Å². The van der Waals surface area contributed by atoms with Gasteiger partial charge in [-0.1, -0.05) is 17.4 Å². The van der Waals surface area contributed by atoms with Gasteiger partial charge in [-0.3, -0.25) is 4.79 Å². The first-order valence-electron chi connectivity index (χ1n) is 8.54. The zero-order chi connectivity index (χ0) is 21.2. The molecule has 0 aliphatic heterocycles. The highest BCUT2D eigenvalue weighted by atomic mass is 32.2. The van der Waals surface area contributed by atoms with E-state index >= 15 is 0 Å². The second-order valence-corrected chi connectivity index (χ2v) is 9.19. The van der Waals surface area contributed by atoms with Crippen LogP contribution in [0.5, 0.6) is 11.5 Å². The molecule has 0 aliphatic rings. The summed E-state index contributed by atoms with van der Waals surface area (Å²) in [5.41, 5.74) is 1.04. The Kier molecular flexibility index (Phi) is 5.90. The number of sulfone groups is 1. The van der Waals surface area contributed by atoms with Crippen molar-refractivity contribution in [2.45, 2.75) is 11.4 Å². The van der Waals surface area contributed by atoms with Gasteiger partial charge in [0, 0.05) is 12.8 Å². The van der Waals surface area contributed by atoms with Crippen LogP contribution >= 0.6 is 11.3 Å². The Morgan fingerprint density at radius 1 is 1.21 bits per heavy atom. The minimum absolute atomic E-state index is 0.212. The molecule has 0 unspecified atom stereocenters. The van der Waals surface area contributed by atoms with Crippen molar-refractivity contribution in [2.75, 3.05) is 20.5 Å². The van der Waals surface area contributed by atoms with Crippen molar-refractivity contribution in [3.63, 3.8) is 0 Å². The fraction of sp³-hybridized carbons (Fsp3) is 0.200. The Balaban J connectivity index is 2.20. The largest absolute Gasteiger partial charge is 0.497 e. The lowest BCUT2D eigenvalue weighted by molar-refractivity contribution is 0.0994. The van der Waals surface area contributed by atoms with E-state index in [-0.39, 0.29) is 10.5 Å². The maximum Gasteiger partial charge on any atom is 0.283 e. The molecular formula is C20H20N2O5S2. The van der Waals surface area contributed by atoms with Crippen LogP contribution in [0.3, 0.4) is 0 Å². The summed E-state index contributed by atoms with van der Waals surface area (Å²) in [4.78, 5) is 17.8. The molecule has 0 N–H and O–H groups in total. The molecular weight excluding hydrogens is 412 g/mol. The van der Waals surface area contributed by atoms with E-state index in [0.717, 1.165) is 11.8 Å². The number of ether oxygens (including phenoxy) is 2. The molecule has 29 heavy (non-hydrogen) atoms. The zero-order valence-corrected chi connectivity index (χ0v) is 17.8. The number of fused-ring (bicyclic) bond motifs is 1. The van der Waals surface area contributed by atoms with Gasteiger partial charge in [0.1, 0.15) is 11.5 Å². The molecule has 0 atom stereocenters. The van der Waals surface area contributed by atoms with Crippen LogP contribution in [0.4, 0.5) is 0 Å². The Morgan fingerprint density at radius 3 is 2.59 bits per heavy atom. The molecule has 2 aromatic carbocycles. The Bertz CT molecular complexity index is 1270. The smallest absolute Gasteiger partial charge is 0.283 e. The molecule has 0 saturated carbocycles. The summed E-state index contributed by atoms with van der Waals surface area (Å²) < 4.78 is 36.7. The van der Waals surface area contributed by atoms with Crippen LogP contribution in [0.25, 0.3) is 10.2 Å². The summed E-state index contributed by atoms with van der Waals surface area (Å²) in [6.45, 7) is 4.17. The zero-order valence-electron chi connectivity index (χ0n) is 16.2. The van der Waals surface area contributed by atoms with Crippen molar-refractivity contribution >= 4 is 37.3 Å². The molecule has 0 spiro atoms. The third kappa shape index (κ3) is 4.25. The van der Waals surface area contributed by atoms with E-state index in [9.17, 15) is 13.2 Å². The molecule has 0 fully saturated rings. The SMILES string of the molecule is C=CCn1c(=NC(=O)c2cc(OC)ccc2OC)sc2cc(S(C)(=O)=O)ccc21. The number of allylic oxidation sites excluding steroid dienone is 1. The molecule has 3 rings (SSSR count). The summed E-state index contributed by atoms with van der Waals surface area (Å²) >= 11 is 1.23. The van der Waals surface area contributed by atoms with E-state index in [4.69, 9.17) is 9.47 Å². The first kappa shape index (κ1) is 20.8. The molecule has 0 saturated heterocycles. The van der Waals surface area contributed by atoms with E-state index in [1.54, 1.807) is 42.5 Å². The van der Waals surface area contributed by atoms with Gasteiger partial charge in [-0.05, 0) is 36.4 Å². The van der Waals surface area contributed by atoms with Crippen LogP contribution in [0, 0.1) is 0 Å². The Hall–Kier alpha value is -2.91. The Morgan fingerprint density at radius 2 is 1.97 bits per heavy atom. The highest BCUT2D eigenvalue weighted by Crippen LogP contribution is 2.25. The van der Waals surface area contributed by atoms with Gasteiger partial charge in [-0.15, -0.1) is 6.58 Å². The predicted octanol–water partition coefficient (Wildman–Crippen LogP) is 3.05. The minimum Gasteiger partial charge on any atom is -0.497 e. The van der Waals surface area contributed by atoms with Crippen molar-refractivity contribution in [1.29, 1.82) is 0 Å². The number of nitrogens with zero attached hydrogens (tertiary/aromatic N) is 2. The van der Waals surface area contributed by atoms with Crippen LogP contribution in [0.2, 0.25) is 0 Å². The molecule has 152 valence electrons. The summed E-state index contributed by atoms with van der Waals surface area (Å²) in [7, 11) is -0.358. The van der Waals surface area contributed by atoms with Gasteiger partial charge in [0.05, 0.1) is 34.9 Å². The van der Waals surface area contributed by atoms with Gasteiger partial charge in [-0.2, -0.15) is 4.99 Å². The molecule has 7 nitrogen and oxygen atoms in total. The highest BCUT2D eigenvalue weighted by molar-refractivity contribution is 7.90. The minimum atomic E-state index is -3.34. The standard InChI is InChI=1S/C20H20N2O5S2/c1-5-10-22-16-8-7-14(29(4,24)25)12-18(16)28-20(22)21-19(23)15-11-13(26-2)6-9-17(15)27-3/h5-9,11-12H,1,10H2,2-4H3. The van der Waals surface area contributed by atoms with E-state index in [1.807, 2.05) is 4.57 Å². The molecule has 0 aliphatic carbocycles. The van der Waals surface area contributed by atoms with Crippen LogP contribution in [-0.2, 0) is 16.4 Å². The number of methoxy groups -OCH3 is 2. The number of rotatable bonds is 6. The van der Waals surface area contributed by atoms with E-state index in [2.05, 4.69) is 11.6 Å². The average Bonchev–Trinajstić information content (AvgIpc) is 3.03. The van der Waals surface area contributed by atoms with Gasteiger partial charge in [0.2, 0.25) is 0 Å². The van der Waals surface area contributed by atoms with Crippen LogP contribution in [-0.4, -0.2) is 39.4 Å². The maximum atomic E-state index is 12.9. The number of benzene rings is 2. The maximum absolute atomic E-state index is 12.9. The number of hydrogen-bond acceptors (Lipinski definition) is 6. The fourth-order valence-corrected chi connectivity index (χ4v) is 4.60. The topological polar surface area (TPSA) is 87.0 Å². The van der Waals surface area contributed by atoms with Gasteiger partial charge < -0.3 is 14.0 Å². The fourth-order valence-electron chi connectivity index (χ4n) is 2.80. The quantitative estimate of drug-likeness (QED) is 0.559.